The Kier molecular flexibility index (Phi) is 5.59. The summed E-state index contributed by atoms with van der Waals surface area (Å²) in [6.07, 6.45) is 4.04. The van der Waals surface area contributed by atoms with Crippen molar-refractivity contribution in [3.8, 4) is 0 Å². The largest absolute Gasteiger partial charge is 0.481 e. The molecular formula is C13H24N2O3. The molecule has 2 unspecified atom stereocenters. The maximum Gasteiger partial charge on any atom is 0.303 e. The van der Waals surface area contributed by atoms with Crippen molar-refractivity contribution in [3.05, 3.63) is 0 Å². The van der Waals surface area contributed by atoms with Gasteiger partial charge in [0.2, 0.25) is 5.91 Å². The van der Waals surface area contributed by atoms with Crippen molar-refractivity contribution < 1.29 is 14.7 Å². The number of carboxylic acids is 1. The average Bonchev–Trinajstić information content (AvgIpc) is 2.34. The quantitative estimate of drug-likeness (QED) is 0.802. The molecule has 2 atom stereocenters. The summed E-state index contributed by atoms with van der Waals surface area (Å²) in [5.41, 5.74) is 0. The minimum atomic E-state index is -0.757. The minimum absolute atomic E-state index is 0.0947. The molecule has 1 aliphatic rings. The molecule has 1 aliphatic heterocycles. The third-order valence-corrected chi connectivity index (χ3v) is 3.66. The van der Waals surface area contributed by atoms with Crippen LogP contribution in [0.3, 0.4) is 0 Å². The second-order valence-corrected chi connectivity index (χ2v) is 5.23. The second kappa shape index (κ2) is 6.73. The molecule has 1 fully saturated rings. The van der Waals surface area contributed by atoms with E-state index in [1.165, 1.54) is 0 Å². The number of hydrogen-bond acceptors (Lipinski definition) is 3. The number of aliphatic carboxylic acids is 1. The molecule has 1 N–H and O–H groups in total. The van der Waals surface area contributed by atoms with E-state index >= 15 is 0 Å². The van der Waals surface area contributed by atoms with Gasteiger partial charge in [-0.2, -0.15) is 0 Å². The molecule has 0 radical (unpaired) electrons. The van der Waals surface area contributed by atoms with Crippen LogP contribution in [0.4, 0.5) is 0 Å². The first-order valence-electron chi connectivity index (χ1n) is 6.62. The fourth-order valence-corrected chi connectivity index (χ4v) is 2.65. The van der Waals surface area contributed by atoms with Crippen LogP contribution in [0, 0.1) is 0 Å². The maximum atomic E-state index is 12.0. The van der Waals surface area contributed by atoms with Gasteiger partial charge in [0.05, 0.1) is 6.04 Å². The second-order valence-electron chi connectivity index (χ2n) is 5.23. The van der Waals surface area contributed by atoms with Crippen LogP contribution in [-0.2, 0) is 9.59 Å². The molecule has 5 nitrogen and oxygen atoms in total. The fourth-order valence-electron chi connectivity index (χ4n) is 2.65. The summed E-state index contributed by atoms with van der Waals surface area (Å²) in [5, 5.41) is 8.77. The van der Waals surface area contributed by atoms with Gasteiger partial charge in [-0.25, -0.2) is 0 Å². The van der Waals surface area contributed by atoms with Gasteiger partial charge < -0.3 is 10.0 Å². The molecule has 1 heterocycles. The Morgan fingerprint density at radius 1 is 1.39 bits per heavy atom. The lowest BCUT2D eigenvalue weighted by Gasteiger charge is -2.39. The highest BCUT2D eigenvalue weighted by Gasteiger charge is 2.30. The van der Waals surface area contributed by atoms with Crippen molar-refractivity contribution >= 4 is 11.9 Å². The Morgan fingerprint density at radius 3 is 2.61 bits per heavy atom. The van der Waals surface area contributed by atoms with Gasteiger partial charge in [-0.1, -0.05) is 6.42 Å². The van der Waals surface area contributed by atoms with E-state index in [2.05, 4.69) is 4.90 Å². The summed E-state index contributed by atoms with van der Waals surface area (Å²) < 4.78 is 0. The van der Waals surface area contributed by atoms with Crippen molar-refractivity contribution in [1.29, 1.82) is 0 Å². The number of carbonyl (C=O) groups excluding carboxylic acids is 1. The van der Waals surface area contributed by atoms with Crippen molar-refractivity contribution in [2.24, 2.45) is 0 Å². The summed E-state index contributed by atoms with van der Waals surface area (Å²) in [4.78, 5) is 26.4. The Bertz CT molecular complexity index is 305. The van der Waals surface area contributed by atoms with Gasteiger partial charge in [-0.3, -0.25) is 14.5 Å². The molecule has 0 spiro atoms. The standard InChI is InChI=1S/C13H24N2O3/c1-10(13(18)14(2)3)15-9-5-4-6-11(15)7-8-12(16)17/h10-11H,4-9H2,1-3H3,(H,16,17). The Balaban J connectivity index is 2.63. The number of piperidine rings is 1. The molecule has 1 rings (SSSR count). The van der Waals surface area contributed by atoms with Crippen molar-refractivity contribution in [2.45, 2.75) is 51.1 Å². The number of hydrogen-bond donors (Lipinski definition) is 1. The van der Waals surface area contributed by atoms with E-state index in [4.69, 9.17) is 5.11 Å². The zero-order chi connectivity index (χ0) is 13.7. The Hall–Kier alpha value is -1.10. The number of rotatable bonds is 5. The zero-order valence-corrected chi connectivity index (χ0v) is 11.6. The van der Waals surface area contributed by atoms with Crippen LogP contribution in [-0.4, -0.2) is 59.5 Å². The van der Waals surface area contributed by atoms with Gasteiger partial charge in [0.1, 0.15) is 0 Å². The molecule has 0 aromatic heterocycles. The average molecular weight is 256 g/mol. The third kappa shape index (κ3) is 3.98. The fraction of sp³-hybridized carbons (Fsp3) is 0.846. The molecule has 5 heteroatoms. The van der Waals surface area contributed by atoms with E-state index in [0.29, 0.717) is 6.42 Å². The molecule has 0 aromatic rings. The Labute approximate surface area is 109 Å². The van der Waals surface area contributed by atoms with Crippen LogP contribution >= 0.6 is 0 Å². The first-order valence-corrected chi connectivity index (χ1v) is 6.62. The Morgan fingerprint density at radius 2 is 2.06 bits per heavy atom. The molecule has 104 valence electrons. The van der Waals surface area contributed by atoms with Gasteiger partial charge in [0, 0.05) is 26.6 Å². The smallest absolute Gasteiger partial charge is 0.303 e. The van der Waals surface area contributed by atoms with E-state index in [-0.39, 0.29) is 24.4 Å². The van der Waals surface area contributed by atoms with Gasteiger partial charge in [-0.05, 0) is 32.7 Å². The van der Waals surface area contributed by atoms with Gasteiger partial charge >= 0.3 is 5.97 Å². The van der Waals surface area contributed by atoms with Crippen molar-refractivity contribution in [3.63, 3.8) is 0 Å². The van der Waals surface area contributed by atoms with E-state index in [9.17, 15) is 9.59 Å². The number of likely N-dealkylation sites (tertiary alicyclic amines) is 1. The number of amides is 1. The normalized spacial score (nSPS) is 22.5. The van der Waals surface area contributed by atoms with Crippen molar-refractivity contribution in [1.82, 2.24) is 9.80 Å². The molecular weight excluding hydrogens is 232 g/mol. The number of carboxylic acid groups (broad SMARTS) is 1. The molecule has 1 saturated heterocycles. The molecule has 0 saturated carbocycles. The van der Waals surface area contributed by atoms with Gasteiger partial charge in [0.15, 0.2) is 0 Å². The number of carbonyl (C=O) groups is 2. The minimum Gasteiger partial charge on any atom is -0.481 e. The highest BCUT2D eigenvalue weighted by atomic mass is 16.4. The monoisotopic (exact) mass is 256 g/mol. The summed E-state index contributed by atoms with van der Waals surface area (Å²) in [6.45, 7) is 2.81. The molecule has 0 aromatic carbocycles. The number of likely N-dealkylation sites (N-methyl/N-ethyl adjacent to an activating group) is 1. The zero-order valence-electron chi connectivity index (χ0n) is 11.6. The number of nitrogens with zero attached hydrogens (tertiary/aromatic N) is 2. The van der Waals surface area contributed by atoms with E-state index in [1.807, 2.05) is 6.92 Å². The predicted octanol–water partition coefficient (Wildman–Crippen LogP) is 1.18. The van der Waals surface area contributed by atoms with E-state index < -0.39 is 5.97 Å². The first kappa shape index (κ1) is 15.0. The van der Waals surface area contributed by atoms with Gasteiger partial charge in [-0.15, -0.1) is 0 Å². The first-order chi connectivity index (χ1) is 8.43. The maximum absolute atomic E-state index is 12.0. The predicted molar refractivity (Wildman–Crippen MR) is 69.4 cm³/mol. The van der Waals surface area contributed by atoms with Crippen LogP contribution in [0.5, 0.6) is 0 Å². The van der Waals surface area contributed by atoms with Gasteiger partial charge in [0.25, 0.3) is 0 Å². The van der Waals surface area contributed by atoms with E-state index in [0.717, 1.165) is 25.8 Å². The van der Waals surface area contributed by atoms with Crippen LogP contribution in [0.1, 0.15) is 39.0 Å². The summed E-state index contributed by atoms with van der Waals surface area (Å²) in [5.74, 6) is -0.663. The lowest BCUT2D eigenvalue weighted by molar-refractivity contribution is -0.137. The molecule has 0 aliphatic carbocycles. The third-order valence-electron chi connectivity index (χ3n) is 3.66. The topological polar surface area (TPSA) is 60.9 Å². The summed E-state index contributed by atoms with van der Waals surface area (Å²) in [7, 11) is 3.52. The molecule has 1 amide bonds. The van der Waals surface area contributed by atoms with Crippen LogP contribution in [0.25, 0.3) is 0 Å². The highest BCUT2D eigenvalue weighted by molar-refractivity contribution is 5.81. The van der Waals surface area contributed by atoms with Crippen molar-refractivity contribution in [2.75, 3.05) is 20.6 Å². The molecule has 18 heavy (non-hydrogen) atoms. The lowest BCUT2D eigenvalue weighted by Crippen LogP contribution is -2.51. The van der Waals surface area contributed by atoms with Crippen LogP contribution in [0.2, 0.25) is 0 Å². The summed E-state index contributed by atoms with van der Waals surface area (Å²) >= 11 is 0. The molecule has 0 bridgehead atoms. The summed E-state index contributed by atoms with van der Waals surface area (Å²) in [6, 6.07) is 0.0767. The van der Waals surface area contributed by atoms with E-state index in [1.54, 1.807) is 19.0 Å². The van der Waals surface area contributed by atoms with Crippen LogP contribution < -0.4 is 0 Å². The SMILES string of the molecule is CC(C(=O)N(C)C)N1CCCCC1CCC(=O)O. The lowest BCUT2D eigenvalue weighted by atomic mass is 9.96. The van der Waals surface area contributed by atoms with Crippen LogP contribution in [0.15, 0.2) is 0 Å². The highest BCUT2D eigenvalue weighted by Crippen LogP contribution is 2.23.